The maximum absolute atomic E-state index is 10.4. The summed E-state index contributed by atoms with van der Waals surface area (Å²) in [6.45, 7) is 0. The minimum Gasteiger partial charge on any atom is -0.507 e. The molecule has 4 nitrogen and oxygen atoms in total. The summed E-state index contributed by atoms with van der Waals surface area (Å²) in [6.07, 6.45) is 3.35. The lowest BCUT2D eigenvalue weighted by molar-refractivity contribution is 0.474. The van der Waals surface area contributed by atoms with E-state index in [1.807, 2.05) is 6.07 Å². The molecule has 0 saturated heterocycles. The lowest BCUT2D eigenvalue weighted by Crippen LogP contribution is -1.80. The first-order valence-corrected chi connectivity index (χ1v) is 5.58. The topological polar surface area (TPSA) is 73.5 Å². The Balaban J connectivity index is 2.38. The maximum Gasteiger partial charge on any atom is 0.122 e. The highest BCUT2D eigenvalue weighted by Crippen LogP contribution is 2.25. The highest BCUT2D eigenvalue weighted by atomic mass is 16.3. The van der Waals surface area contributed by atoms with E-state index in [0.29, 0.717) is 11.1 Å². The molecule has 0 amide bonds. The Bertz CT molecular complexity index is 685. The molecule has 0 spiro atoms. The van der Waals surface area contributed by atoms with Crippen molar-refractivity contribution in [1.82, 2.24) is 0 Å². The van der Waals surface area contributed by atoms with Crippen molar-refractivity contribution in [3.05, 3.63) is 64.1 Å². The van der Waals surface area contributed by atoms with Crippen molar-refractivity contribution < 1.29 is 5.11 Å². The molecule has 0 aliphatic rings. The molecule has 0 atom stereocenters. The van der Waals surface area contributed by atoms with Crippen LogP contribution in [0.25, 0.3) is 12.2 Å². The van der Waals surface area contributed by atoms with Gasteiger partial charge in [0.15, 0.2) is 0 Å². The third kappa shape index (κ3) is 2.85. The largest absolute Gasteiger partial charge is 0.507 e. The molecule has 4 heteroatoms. The van der Waals surface area contributed by atoms with Crippen LogP contribution in [0.1, 0.15) is 16.7 Å². The summed E-state index contributed by atoms with van der Waals surface area (Å²) in [5.74, 6) is 0.0538. The Hall–Kier alpha value is -2.93. The number of nitriles is 1. The van der Waals surface area contributed by atoms with E-state index in [4.69, 9.17) is 5.26 Å². The molecule has 0 aliphatic heterocycles. The standard InChI is InChI=1S/C15H10N2O2/c16-10-13-4-2-1-3-11(13)5-6-12-9-14(17-19)7-8-15(12)18/h1-9,18H/b6-5+. The van der Waals surface area contributed by atoms with E-state index in [1.165, 1.54) is 18.2 Å². The number of aromatic hydroxyl groups is 1. The first-order chi connectivity index (χ1) is 9.24. The molecule has 0 unspecified atom stereocenters. The summed E-state index contributed by atoms with van der Waals surface area (Å²) in [4.78, 5) is 10.4. The SMILES string of the molecule is N#Cc1ccccc1/C=C/c1cc(N=O)ccc1O. The van der Waals surface area contributed by atoms with Crippen molar-refractivity contribution in [1.29, 1.82) is 5.26 Å². The zero-order valence-corrected chi connectivity index (χ0v) is 9.95. The van der Waals surface area contributed by atoms with Gasteiger partial charge >= 0.3 is 0 Å². The number of benzene rings is 2. The van der Waals surface area contributed by atoms with Crippen molar-refractivity contribution >= 4 is 17.8 Å². The molecule has 2 aromatic carbocycles. The van der Waals surface area contributed by atoms with E-state index in [2.05, 4.69) is 11.2 Å². The first-order valence-electron chi connectivity index (χ1n) is 5.58. The van der Waals surface area contributed by atoms with Gasteiger partial charge in [0.2, 0.25) is 0 Å². The molecule has 0 saturated carbocycles. The van der Waals surface area contributed by atoms with Crippen LogP contribution in [-0.4, -0.2) is 5.11 Å². The molecule has 0 aliphatic carbocycles. The third-order valence-corrected chi connectivity index (χ3v) is 2.64. The van der Waals surface area contributed by atoms with Gasteiger partial charge in [-0.1, -0.05) is 30.4 Å². The molecule has 2 rings (SSSR count). The summed E-state index contributed by atoms with van der Waals surface area (Å²) in [5, 5.41) is 21.5. The molecule has 0 bridgehead atoms. The Kier molecular flexibility index (Phi) is 3.70. The van der Waals surface area contributed by atoms with E-state index in [0.717, 1.165) is 5.56 Å². The Morgan fingerprint density at radius 3 is 2.58 bits per heavy atom. The summed E-state index contributed by atoms with van der Waals surface area (Å²) in [5.41, 5.74) is 2.01. The molecule has 92 valence electrons. The molecular formula is C15H10N2O2. The van der Waals surface area contributed by atoms with E-state index < -0.39 is 0 Å². The van der Waals surface area contributed by atoms with Gasteiger partial charge in [-0.2, -0.15) is 5.26 Å². The van der Waals surface area contributed by atoms with Crippen LogP contribution in [0.2, 0.25) is 0 Å². The monoisotopic (exact) mass is 250 g/mol. The van der Waals surface area contributed by atoms with Crippen LogP contribution in [0.5, 0.6) is 5.75 Å². The van der Waals surface area contributed by atoms with E-state index in [1.54, 1.807) is 30.4 Å². The minimum atomic E-state index is 0.0538. The van der Waals surface area contributed by atoms with Crippen molar-refractivity contribution in [3.8, 4) is 11.8 Å². The predicted molar refractivity (Wildman–Crippen MR) is 73.6 cm³/mol. The van der Waals surface area contributed by atoms with E-state index in [9.17, 15) is 10.0 Å². The van der Waals surface area contributed by atoms with Gasteiger partial charge in [0.05, 0.1) is 11.6 Å². The van der Waals surface area contributed by atoms with Crippen LogP contribution >= 0.6 is 0 Å². The van der Waals surface area contributed by atoms with Gasteiger partial charge in [-0.05, 0) is 35.0 Å². The third-order valence-electron chi connectivity index (χ3n) is 2.64. The second kappa shape index (κ2) is 5.61. The molecule has 0 heterocycles. The molecule has 19 heavy (non-hydrogen) atoms. The van der Waals surface area contributed by atoms with Crippen LogP contribution < -0.4 is 0 Å². The van der Waals surface area contributed by atoms with Gasteiger partial charge in [-0.3, -0.25) is 0 Å². The molecular weight excluding hydrogens is 240 g/mol. The Morgan fingerprint density at radius 2 is 1.84 bits per heavy atom. The molecule has 2 aromatic rings. The maximum atomic E-state index is 10.4. The Morgan fingerprint density at radius 1 is 1.11 bits per heavy atom. The average molecular weight is 250 g/mol. The first kappa shape index (κ1) is 12.5. The second-order valence-corrected chi connectivity index (χ2v) is 3.87. The number of phenolic OH excluding ortho intramolecular Hbond substituents is 1. The van der Waals surface area contributed by atoms with Crippen molar-refractivity contribution in [2.24, 2.45) is 5.18 Å². The summed E-state index contributed by atoms with van der Waals surface area (Å²) in [7, 11) is 0. The van der Waals surface area contributed by atoms with Crippen molar-refractivity contribution in [3.63, 3.8) is 0 Å². The molecule has 0 fully saturated rings. The zero-order chi connectivity index (χ0) is 13.7. The van der Waals surface area contributed by atoms with Gasteiger partial charge in [0, 0.05) is 5.56 Å². The highest BCUT2D eigenvalue weighted by molar-refractivity contribution is 5.76. The van der Waals surface area contributed by atoms with Gasteiger partial charge in [0.25, 0.3) is 0 Å². The predicted octanol–water partition coefficient (Wildman–Crippen LogP) is 3.83. The second-order valence-electron chi connectivity index (χ2n) is 3.87. The van der Waals surface area contributed by atoms with Gasteiger partial charge < -0.3 is 5.11 Å². The van der Waals surface area contributed by atoms with Crippen LogP contribution in [0.4, 0.5) is 5.69 Å². The Labute approximate surface area is 110 Å². The lowest BCUT2D eigenvalue weighted by atomic mass is 10.1. The smallest absolute Gasteiger partial charge is 0.122 e. The average Bonchev–Trinajstić information content (AvgIpc) is 2.46. The van der Waals surface area contributed by atoms with Crippen molar-refractivity contribution in [2.45, 2.75) is 0 Å². The molecule has 0 radical (unpaired) electrons. The van der Waals surface area contributed by atoms with Gasteiger partial charge in [-0.25, -0.2) is 0 Å². The van der Waals surface area contributed by atoms with E-state index in [-0.39, 0.29) is 11.4 Å². The zero-order valence-electron chi connectivity index (χ0n) is 9.95. The fourth-order valence-electron chi connectivity index (χ4n) is 1.66. The van der Waals surface area contributed by atoms with Crippen LogP contribution in [0.15, 0.2) is 47.6 Å². The summed E-state index contributed by atoms with van der Waals surface area (Å²) in [6, 6.07) is 13.5. The molecule has 1 N–H and O–H groups in total. The normalized spacial score (nSPS) is 10.3. The fourth-order valence-corrected chi connectivity index (χ4v) is 1.66. The number of nitroso groups, excluding NO2 is 1. The number of rotatable bonds is 3. The number of nitrogens with zero attached hydrogens (tertiary/aromatic N) is 2. The fraction of sp³-hybridized carbons (Fsp3) is 0. The summed E-state index contributed by atoms with van der Waals surface area (Å²) >= 11 is 0. The van der Waals surface area contributed by atoms with E-state index >= 15 is 0 Å². The minimum absolute atomic E-state index is 0.0538. The quantitative estimate of drug-likeness (QED) is 0.664. The van der Waals surface area contributed by atoms with Crippen LogP contribution in [0, 0.1) is 16.2 Å². The number of hydrogen-bond donors (Lipinski definition) is 1. The summed E-state index contributed by atoms with van der Waals surface area (Å²) < 4.78 is 0. The van der Waals surface area contributed by atoms with Crippen LogP contribution in [-0.2, 0) is 0 Å². The van der Waals surface area contributed by atoms with Gasteiger partial charge in [0.1, 0.15) is 11.4 Å². The van der Waals surface area contributed by atoms with Crippen molar-refractivity contribution in [2.75, 3.05) is 0 Å². The molecule has 0 aromatic heterocycles. The van der Waals surface area contributed by atoms with Gasteiger partial charge in [-0.15, -0.1) is 4.91 Å². The number of hydrogen-bond acceptors (Lipinski definition) is 4. The highest BCUT2D eigenvalue weighted by Gasteiger charge is 2.01. The van der Waals surface area contributed by atoms with Crippen LogP contribution in [0.3, 0.4) is 0 Å². The lowest BCUT2D eigenvalue weighted by Gasteiger charge is -2.00. The number of phenols is 1.